The molecule has 1 aromatic carbocycles. The van der Waals surface area contributed by atoms with E-state index in [0.29, 0.717) is 12.5 Å². The molecule has 0 amide bonds. The Morgan fingerprint density at radius 3 is 2.76 bits per heavy atom. The highest BCUT2D eigenvalue weighted by Crippen LogP contribution is 2.19. The summed E-state index contributed by atoms with van der Waals surface area (Å²) in [4.78, 5) is 13.3. The van der Waals surface area contributed by atoms with Gasteiger partial charge in [-0.25, -0.2) is 9.98 Å². The largest absolute Gasteiger partial charge is 0.489 e. The van der Waals surface area contributed by atoms with Crippen molar-refractivity contribution in [2.75, 3.05) is 37.6 Å². The Hall–Kier alpha value is -2.28. The number of aryl methyl sites for hydroxylation is 1. The standard InChI is InChI=1S/C18H25N5OS/c1-14-5-3-4-6-16(14)24-15(2)13-21-17(19)22-8-10-23(11-9-22)18-20-7-12-25-18/h3-7,12,15H,8-11,13H2,1-2H3,(H2,19,21). The lowest BCUT2D eigenvalue weighted by atomic mass is 10.2. The molecule has 0 saturated carbocycles. The van der Waals surface area contributed by atoms with Crippen molar-refractivity contribution in [3.05, 3.63) is 41.4 Å². The number of nitrogens with two attached hydrogens (primary N) is 1. The van der Waals surface area contributed by atoms with Crippen LogP contribution < -0.4 is 15.4 Å². The summed E-state index contributed by atoms with van der Waals surface area (Å²) in [5.41, 5.74) is 7.30. The normalized spacial score (nSPS) is 16.8. The first-order valence-corrected chi connectivity index (χ1v) is 9.43. The summed E-state index contributed by atoms with van der Waals surface area (Å²) in [5, 5.41) is 3.09. The number of anilines is 1. The van der Waals surface area contributed by atoms with Crippen molar-refractivity contribution in [1.82, 2.24) is 9.88 Å². The number of hydrogen-bond acceptors (Lipinski definition) is 5. The van der Waals surface area contributed by atoms with Gasteiger partial charge >= 0.3 is 0 Å². The molecule has 3 rings (SSSR count). The molecule has 1 aliphatic heterocycles. The van der Waals surface area contributed by atoms with Crippen LogP contribution in [0, 0.1) is 6.92 Å². The first-order chi connectivity index (χ1) is 12.1. The summed E-state index contributed by atoms with van der Waals surface area (Å²) in [6.07, 6.45) is 1.83. The van der Waals surface area contributed by atoms with Crippen LogP contribution in [0.5, 0.6) is 5.75 Å². The predicted molar refractivity (Wildman–Crippen MR) is 104 cm³/mol. The number of benzene rings is 1. The van der Waals surface area contributed by atoms with Crippen LogP contribution in [0.3, 0.4) is 0 Å². The maximum atomic E-state index is 6.17. The summed E-state index contributed by atoms with van der Waals surface area (Å²) in [5.74, 6) is 1.50. The fourth-order valence-corrected chi connectivity index (χ4v) is 3.46. The van der Waals surface area contributed by atoms with Crippen LogP contribution in [0.1, 0.15) is 12.5 Å². The number of guanidine groups is 1. The topological polar surface area (TPSA) is 67.0 Å². The van der Waals surface area contributed by atoms with Gasteiger partial charge in [0.2, 0.25) is 0 Å². The fraction of sp³-hybridized carbons (Fsp3) is 0.444. The van der Waals surface area contributed by atoms with Crippen molar-refractivity contribution in [1.29, 1.82) is 0 Å². The third-order valence-electron chi connectivity index (χ3n) is 4.23. The molecule has 134 valence electrons. The minimum absolute atomic E-state index is 0.0174. The third kappa shape index (κ3) is 4.63. The molecule has 0 radical (unpaired) electrons. The van der Waals surface area contributed by atoms with Crippen LogP contribution in [-0.4, -0.2) is 54.7 Å². The SMILES string of the molecule is Cc1ccccc1OC(C)CN=C(N)N1CCN(c2nccs2)CC1. The zero-order valence-corrected chi connectivity index (χ0v) is 15.6. The van der Waals surface area contributed by atoms with Crippen LogP contribution in [0.15, 0.2) is 40.8 Å². The van der Waals surface area contributed by atoms with E-state index in [2.05, 4.69) is 19.8 Å². The summed E-state index contributed by atoms with van der Waals surface area (Å²) in [6.45, 7) is 8.17. The van der Waals surface area contributed by atoms with Gasteiger partial charge in [-0.3, -0.25) is 0 Å². The molecule has 0 aliphatic carbocycles. The minimum Gasteiger partial charge on any atom is -0.489 e. The maximum absolute atomic E-state index is 6.17. The quantitative estimate of drug-likeness (QED) is 0.656. The van der Waals surface area contributed by atoms with Crippen LogP contribution in [0.25, 0.3) is 0 Å². The van der Waals surface area contributed by atoms with Gasteiger partial charge in [0, 0.05) is 37.8 Å². The fourth-order valence-electron chi connectivity index (χ4n) is 2.76. The number of rotatable bonds is 5. The summed E-state index contributed by atoms with van der Waals surface area (Å²) < 4.78 is 5.95. The Bertz CT molecular complexity index is 695. The van der Waals surface area contributed by atoms with Crippen molar-refractivity contribution in [2.45, 2.75) is 20.0 Å². The van der Waals surface area contributed by atoms with Gasteiger partial charge in [-0.2, -0.15) is 0 Å². The first-order valence-electron chi connectivity index (χ1n) is 8.55. The van der Waals surface area contributed by atoms with Gasteiger partial charge in [0.15, 0.2) is 11.1 Å². The lowest BCUT2D eigenvalue weighted by molar-refractivity contribution is 0.228. The van der Waals surface area contributed by atoms with Gasteiger partial charge in [-0.1, -0.05) is 18.2 Å². The van der Waals surface area contributed by atoms with E-state index >= 15 is 0 Å². The van der Waals surface area contributed by atoms with E-state index < -0.39 is 0 Å². The van der Waals surface area contributed by atoms with Crippen molar-refractivity contribution in [2.24, 2.45) is 10.7 Å². The molecule has 7 heteroatoms. The van der Waals surface area contributed by atoms with E-state index in [1.54, 1.807) is 11.3 Å². The van der Waals surface area contributed by atoms with Crippen LogP contribution in [0.2, 0.25) is 0 Å². The average Bonchev–Trinajstić information content (AvgIpc) is 3.16. The minimum atomic E-state index is -0.0174. The average molecular weight is 359 g/mol. The van der Waals surface area contributed by atoms with Crippen molar-refractivity contribution >= 4 is 22.4 Å². The number of aliphatic imine (C=N–C) groups is 1. The second-order valence-electron chi connectivity index (χ2n) is 6.18. The number of hydrogen-bond donors (Lipinski definition) is 1. The van der Waals surface area contributed by atoms with Crippen molar-refractivity contribution in [3.8, 4) is 5.75 Å². The van der Waals surface area contributed by atoms with E-state index in [1.807, 2.05) is 49.7 Å². The molecule has 2 heterocycles. The number of nitrogens with zero attached hydrogens (tertiary/aromatic N) is 4. The molecule has 1 unspecified atom stereocenters. The molecule has 1 fully saturated rings. The summed E-state index contributed by atoms with van der Waals surface area (Å²) in [7, 11) is 0. The molecule has 1 aromatic heterocycles. The Morgan fingerprint density at radius 2 is 2.08 bits per heavy atom. The van der Waals surface area contributed by atoms with Crippen molar-refractivity contribution < 1.29 is 4.74 Å². The zero-order chi connectivity index (χ0) is 17.6. The highest BCUT2D eigenvalue weighted by molar-refractivity contribution is 7.13. The Morgan fingerprint density at radius 1 is 1.32 bits per heavy atom. The molecule has 0 spiro atoms. The Labute approximate surface area is 152 Å². The van der Waals surface area contributed by atoms with Crippen LogP contribution in [0.4, 0.5) is 5.13 Å². The predicted octanol–water partition coefficient (Wildman–Crippen LogP) is 2.36. The molecule has 1 atom stereocenters. The van der Waals surface area contributed by atoms with Crippen LogP contribution in [-0.2, 0) is 0 Å². The monoisotopic (exact) mass is 359 g/mol. The molecule has 0 bridgehead atoms. The van der Waals surface area contributed by atoms with Crippen LogP contribution >= 0.6 is 11.3 Å². The van der Waals surface area contributed by atoms with E-state index in [0.717, 1.165) is 42.6 Å². The lowest BCUT2D eigenvalue weighted by Crippen LogP contribution is -2.51. The summed E-state index contributed by atoms with van der Waals surface area (Å²) >= 11 is 1.67. The third-order valence-corrected chi connectivity index (χ3v) is 5.06. The Balaban J connectivity index is 1.48. The van der Waals surface area contributed by atoms with E-state index in [-0.39, 0.29) is 6.10 Å². The number of aromatic nitrogens is 1. The van der Waals surface area contributed by atoms with Gasteiger partial charge in [0.1, 0.15) is 11.9 Å². The van der Waals surface area contributed by atoms with Gasteiger partial charge in [0.25, 0.3) is 0 Å². The number of para-hydroxylation sites is 1. The lowest BCUT2D eigenvalue weighted by Gasteiger charge is -2.35. The zero-order valence-electron chi connectivity index (χ0n) is 14.8. The smallest absolute Gasteiger partial charge is 0.191 e. The first kappa shape index (κ1) is 17.5. The van der Waals surface area contributed by atoms with Gasteiger partial charge < -0.3 is 20.3 Å². The second kappa shape index (κ2) is 8.20. The number of piperazine rings is 1. The molecule has 2 aromatic rings. The molecule has 25 heavy (non-hydrogen) atoms. The van der Waals surface area contributed by atoms with Gasteiger partial charge in [-0.05, 0) is 25.5 Å². The maximum Gasteiger partial charge on any atom is 0.191 e. The summed E-state index contributed by atoms with van der Waals surface area (Å²) in [6, 6.07) is 8.02. The Kier molecular flexibility index (Phi) is 5.75. The second-order valence-corrected chi connectivity index (χ2v) is 7.05. The van der Waals surface area contributed by atoms with E-state index in [1.165, 1.54) is 0 Å². The van der Waals surface area contributed by atoms with Crippen molar-refractivity contribution in [3.63, 3.8) is 0 Å². The molecular formula is C18H25N5OS. The number of thiazole rings is 1. The van der Waals surface area contributed by atoms with E-state index in [9.17, 15) is 0 Å². The van der Waals surface area contributed by atoms with Gasteiger partial charge in [-0.15, -0.1) is 11.3 Å². The highest BCUT2D eigenvalue weighted by Gasteiger charge is 2.20. The highest BCUT2D eigenvalue weighted by atomic mass is 32.1. The molecular weight excluding hydrogens is 334 g/mol. The van der Waals surface area contributed by atoms with Gasteiger partial charge in [0.05, 0.1) is 6.54 Å². The molecule has 1 saturated heterocycles. The molecule has 2 N–H and O–H groups in total. The molecule has 1 aliphatic rings. The number of ether oxygens (including phenoxy) is 1. The van der Waals surface area contributed by atoms with E-state index in [4.69, 9.17) is 10.5 Å². The molecule has 6 nitrogen and oxygen atoms in total.